The highest BCUT2D eigenvalue weighted by Gasteiger charge is 2.28. The number of piperidine rings is 1. The van der Waals surface area contributed by atoms with E-state index in [1.54, 1.807) is 30.5 Å². The summed E-state index contributed by atoms with van der Waals surface area (Å²) in [5.74, 6) is 0.990. The third kappa shape index (κ3) is 4.53. The van der Waals surface area contributed by atoms with E-state index < -0.39 is 6.43 Å². The highest BCUT2D eigenvalue weighted by molar-refractivity contribution is 5.81. The first kappa shape index (κ1) is 19.7. The van der Waals surface area contributed by atoms with Crippen LogP contribution in [-0.4, -0.2) is 47.7 Å². The number of halogens is 2. The first-order valence-corrected chi connectivity index (χ1v) is 9.99. The second kappa shape index (κ2) is 8.82. The van der Waals surface area contributed by atoms with E-state index in [1.165, 1.54) is 6.07 Å². The van der Waals surface area contributed by atoms with Crippen molar-refractivity contribution in [2.45, 2.75) is 44.3 Å². The van der Waals surface area contributed by atoms with Gasteiger partial charge in [0.25, 0.3) is 6.43 Å². The standard InChI is InChI=1S/C21H24F2N4O2/c22-19(23)15-4-1-2-5-16(15)20-24-10-7-18(26-20)27-11-8-14(9-12-27)25-21(28)17-6-3-13-29-17/h1-2,4-5,7,10,14,17,19H,3,6,8-9,11-13H2,(H,25,28). The number of nitrogens with zero attached hydrogens (tertiary/aromatic N) is 3. The molecule has 8 heteroatoms. The van der Waals surface area contributed by atoms with Crippen LogP contribution in [0, 0.1) is 0 Å². The van der Waals surface area contributed by atoms with E-state index in [9.17, 15) is 13.6 Å². The maximum absolute atomic E-state index is 13.3. The Kier molecular flexibility index (Phi) is 5.99. The third-order valence-electron chi connectivity index (χ3n) is 5.47. The Balaban J connectivity index is 1.41. The number of rotatable bonds is 5. The van der Waals surface area contributed by atoms with E-state index in [-0.39, 0.29) is 23.6 Å². The molecule has 0 radical (unpaired) electrons. The monoisotopic (exact) mass is 402 g/mol. The number of carbonyl (C=O) groups excluding carboxylic acids is 1. The Bertz CT molecular complexity index is 850. The summed E-state index contributed by atoms with van der Waals surface area (Å²) in [6.07, 6.45) is 2.02. The van der Waals surface area contributed by atoms with Crippen molar-refractivity contribution >= 4 is 11.7 Å². The van der Waals surface area contributed by atoms with Crippen LogP contribution < -0.4 is 10.2 Å². The molecule has 2 aliphatic rings. The Labute approximate surface area is 168 Å². The fourth-order valence-electron chi connectivity index (χ4n) is 3.88. The van der Waals surface area contributed by atoms with Gasteiger partial charge in [0.1, 0.15) is 11.9 Å². The molecule has 2 saturated heterocycles. The van der Waals surface area contributed by atoms with Gasteiger partial charge in [-0.3, -0.25) is 4.79 Å². The molecular formula is C21H24F2N4O2. The van der Waals surface area contributed by atoms with Crippen molar-refractivity contribution in [1.29, 1.82) is 0 Å². The molecule has 2 fully saturated rings. The van der Waals surface area contributed by atoms with Crippen LogP contribution in [0.2, 0.25) is 0 Å². The minimum absolute atomic E-state index is 0.0196. The van der Waals surface area contributed by atoms with Crippen molar-refractivity contribution in [3.8, 4) is 11.4 Å². The third-order valence-corrected chi connectivity index (χ3v) is 5.47. The number of alkyl halides is 2. The molecule has 1 N–H and O–H groups in total. The van der Waals surface area contributed by atoms with E-state index in [1.807, 2.05) is 0 Å². The molecule has 6 nitrogen and oxygen atoms in total. The number of hydrogen-bond acceptors (Lipinski definition) is 5. The van der Waals surface area contributed by atoms with Crippen LogP contribution >= 0.6 is 0 Å². The Morgan fingerprint density at radius 1 is 1.17 bits per heavy atom. The lowest BCUT2D eigenvalue weighted by Crippen LogP contribution is -2.47. The summed E-state index contributed by atoms with van der Waals surface area (Å²) in [6, 6.07) is 8.22. The topological polar surface area (TPSA) is 67.4 Å². The average Bonchev–Trinajstić information content (AvgIpc) is 3.29. The number of hydrogen-bond donors (Lipinski definition) is 1. The minimum Gasteiger partial charge on any atom is -0.368 e. The first-order valence-electron chi connectivity index (χ1n) is 9.99. The molecule has 1 unspecified atom stereocenters. The number of ether oxygens (including phenoxy) is 1. The van der Waals surface area contributed by atoms with Crippen molar-refractivity contribution < 1.29 is 18.3 Å². The van der Waals surface area contributed by atoms with Crippen molar-refractivity contribution in [3.63, 3.8) is 0 Å². The number of nitrogens with one attached hydrogen (secondary N) is 1. The van der Waals surface area contributed by atoms with Crippen LogP contribution in [-0.2, 0) is 9.53 Å². The van der Waals surface area contributed by atoms with Gasteiger partial charge >= 0.3 is 0 Å². The average molecular weight is 402 g/mol. The van der Waals surface area contributed by atoms with Crippen LogP contribution in [0.3, 0.4) is 0 Å². The molecule has 29 heavy (non-hydrogen) atoms. The van der Waals surface area contributed by atoms with Gasteiger partial charge in [0.15, 0.2) is 5.82 Å². The zero-order chi connectivity index (χ0) is 20.2. The van der Waals surface area contributed by atoms with Gasteiger partial charge < -0.3 is 15.0 Å². The summed E-state index contributed by atoms with van der Waals surface area (Å²) in [6.45, 7) is 2.11. The SMILES string of the molecule is O=C(NC1CCN(c2ccnc(-c3ccccc3C(F)F)n2)CC1)C1CCCO1. The highest BCUT2D eigenvalue weighted by Crippen LogP contribution is 2.30. The van der Waals surface area contributed by atoms with Gasteiger partial charge in [-0.25, -0.2) is 18.7 Å². The normalized spacial score (nSPS) is 20.2. The van der Waals surface area contributed by atoms with Gasteiger partial charge in [-0.2, -0.15) is 0 Å². The molecule has 1 aromatic carbocycles. The Hall–Kier alpha value is -2.61. The lowest BCUT2D eigenvalue weighted by atomic mass is 10.0. The van der Waals surface area contributed by atoms with Gasteiger partial charge in [-0.1, -0.05) is 24.3 Å². The van der Waals surface area contributed by atoms with Crippen molar-refractivity contribution in [2.24, 2.45) is 0 Å². The number of anilines is 1. The molecular weight excluding hydrogens is 378 g/mol. The number of benzene rings is 1. The largest absolute Gasteiger partial charge is 0.368 e. The smallest absolute Gasteiger partial charge is 0.264 e. The van der Waals surface area contributed by atoms with Crippen LogP contribution in [0.15, 0.2) is 36.5 Å². The summed E-state index contributed by atoms with van der Waals surface area (Å²) in [5, 5.41) is 3.08. The molecule has 1 amide bonds. The zero-order valence-corrected chi connectivity index (χ0v) is 16.1. The fraction of sp³-hybridized carbons (Fsp3) is 0.476. The van der Waals surface area contributed by atoms with E-state index in [4.69, 9.17) is 4.74 Å². The first-order chi connectivity index (χ1) is 14.1. The summed E-state index contributed by atoms with van der Waals surface area (Å²) in [5.41, 5.74) is 0.281. The van der Waals surface area contributed by atoms with E-state index in [0.717, 1.165) is 38.8 Å². The van der Waals surface area contributed by atoms with Crippen molar-refractivity contribution in [1.82, 2.24) is 15.3 Å². The predicted molar refractivity (Wildman–Crippen MR) is 105 cm³/mol. The zero-order valence-electron chi connectivity index (χ0n) is 16.1. The highest BCUT2D eigenvalue weighted by atomic mass is 19.3. The number of aromatic nitrogens is 2. The quantitative estimate of drug-likeness (QED) is 0.831. The van der Waals surface area contributed by atoms with Crippen LogP contribution in [0.25, 0.3) is 11.4 Å². The lowest BCUT2D eigenvalue weighted by Gasteiger charge is -2.33. The molecule has 0 aliphatic carbocycles. The molecule has 4 rings (SSSR count). The second-order valence-corrected chi connectivity index (χ2v) is 7.40. The number of carbonyl (C=O) groups is 1. The van der Waals surface area contributed by atoms with E-state index in [0.29, 0.717) is 23.8 Å². The van der Waals surface area contributed by atoms with Crippen molar-refractivity contribution in [3.05, 3.63) is 42.1 Å². The van der Waals surface area contributed by atoms with Gasteiger partial charge in [0, 0.05) is 43.1 Å². The summed E-state index contributed by atoms with van der Waals surface area (Å²) in [7, 11) is 0. The van der Waals surface area contributed by atoms with Crippen LogP contribution in [0.1, 0.15) is 37.7 Å². The molecule has 154 valence electrons. The maximum Gasteiger partial charge on any atom is 0.264 e. The van der Waals surface area contributed by atoms with Crippen molar-refractivity contribution in [2.75, 3.05) is 24.6 Å². The maximum atomic E-state index is 13.3. The minimum atomic E-state index is -2.58. The fourth-order valence-corrected chi connectivity index (χ4v) is 3.88. The molecule has 0 spiro atoms. The summed E-state index contributed by atoms with van der Waals surface area (Å²) in [4.78, 5) is 23.1. The molecule has 3 heterocycles. The molecule has 0 saturated carbocycles. The summed E-state index contributed by atoms with van der Waals surface area (Å²) >= 11 is 0. The Morgan fingerprint density at radius 2 is 1.97 bits per heavy atom. The van der Waals surface area contributed by atoms with E-state index in [2.05, 4.69) is 20.2 Å². The molecule has 1 aromatic heterocycles. The van der Waals surface area contributed by atoms with Gasteiger partial charge in [-0.05, 0) is 31.7 Å². The summed E-state index contributed by atoms with van der Waals surface area (Å²) < 4.78 is 32.1. The van der Waals surface area contributed by atoms with Crippen LogP contribution in [0.4, 0.5) is 14.6 Å². The molecule has 2 aromatic rings. The lowest BCUT2D eigenvalue weighted by molar-refractivity contribution is -0.130. The molecule has 0 bridgehead atoms. The Morgan fingerprint density at radius 3 is 2.69 bits per heavy atom. The molecule has 2 aliphatic heterocycles. The van der Waals surface area contributed by atoms with Gasteiger partial charge in [0.2, 0.25) is 5.91 Å². The number of amides is 1. The van der Waals surface area contributed by atoms with Crippen LogP contribution in [0.5, 0.6) is 0 Å². The second-order valence-electron chi connectivity index (χ2n) is 7.40. The molecule has 1 atom stereocenters. The van der Waals surface area contributed by atoms with E-state index >= 15 is 0 Å². The van der Waals surface area contributed by atoms with Gasteiger partial charge in [-0.15, -0.1) is 0 Å². The predicted octanol–water partition coefficient (Wildman–Crippen LogP) is 3.35. The van der Waals surface area contributed by atoms with Gasteiger partial charge in [0.05, 0.1) is 0 Å².